The number of rotatable bonds is 5. The highest BCUT2D eigenvalue weighted by atomic mass is 16.5. The minimum absolute atomic E-state index is 0.0994. The SMILES string of the molecule is C=CCOc1cccc(NC(=O)C2CCNCC2)c1. The molecule has 4 nitrogen and oxygen atoms in total. The van der Waals surface area contributed by atoms with E-state index in [-0.39, 0.29) is 11.8 Å². The summed E-state index contributed by atoms with van der Waals surface area (Å²) in [6.07, 6.45) is 3.50. The molecule has 1 aromatic carbocycles. The Kier molecular flexibility index (Phi) is 4.98. The highest BCUT2D eigenvalue weighted by molar-refractivity contribution is 5.92. The number of benzene rings is 1. The van der Waals surface area contributed by atoms with Crippen molar-refractivity contribution in [2.24, 2.45) is 5.92 Å². The van der Waals surface area contributed by atoms with Crippen molar-refractivity contribution in [1.82, 2.24) is 5.32 Å². The second kappa shape index (κ2) is 6.95. The van der Waals surface area contributed by atoms with Gasteiger partial charge in [0.2, 0.25) is 5.91 Å². The number of anilines is 1. The van der Waals surface area contributed by atoms with Crippen LogP contribution >= 0.6 is 0 Å². The topological polar surface area (TPSA) is 50.4 Å². The predicted molar refractivity (Wildman–Crippen MR) is 76.4 cm³/mol. The third kappa shape index (κ3) is 4.10. The molecule has 1 aromatic rings. The van der Waals surface area contributed by atoms with Crippen LogP contribution in [0.2, 0.25) is 0 Å². The van der Waals surface area contributed by atoms with Gasteiger partial charge in [0.05, 0.1) is 0 Å². The van der Waals surface area contributed by atoms with Crippen molar-refractivity contribution in [2.45, 2.75) is 12.8 Å². The van der Waals surface area contributed by atoms with E-state index in [1.807, 2.05) is 24.3 Å². The van der Waals surface area contributed by atoms with E-state index in [9.17, 15) is 4.79 Å². The van der Waals surface area contributed by atoms with Crippen LogP contribution in [0, 0.1) is 5.92 Å². The predicted octanol–water partition coefficient (Wildman–Crippen LogP) is 2.19. The molecular weight excluding hydrogens is 240 g/mol. The van der Waals surface area contributed by atoms with Gasteiger partial charge >= 0.3 is 0 Å². The van der Waals surface area contributed by atoms with Crippen molar-refractivity contribution < 1.29 is 9.53 Å². The molecule has 1 fully saturated rings. The normalized spacial score (nSPS) is 15.8. The van der Waals surface area contributed by atoms with Gasteiger partial charge in [-0.1, -0.05) is 18.7 Å². The zero-order valence-corrected chi connectivity index (χ0v) is 11.0. The lowest BCUT2D eigenvalue weighted by Gasteiger charge is -2.21. The van der Waals surface area contributed by atoms with Crippen LogP contribution in [0.3, 0.4) is 0 Å². The summed E-state index contributed by atoms with van der Waals surface area (Å²) < 4.78 is 5.44. The first-order valence-corrected chi connectivity index (χ1v) is 6.65. The van der Waals surface area contributed by atoms with E-state index in [0.29, 0.717) is 6.61 Å². The first-order valence-electron chi connectivity index (χ1n) is 6.65. The first-order chi connectivity index (χ1) is 9.29. The first kappa shape index (κ1) is 13.6. The van der Waals surface area contributed by atoms with E-state index in [1.165, 1.54) is 0 Å². The number of hydrogen-bond donors (Lipinski definition) is 2. The molecule has 0 saturated carbocycles. The number of ether oxygens (including phenoxy) is 1. The molecule has 0 bridgehead atoms. The largest absolute Gasteiger partial charge is 0.489 e. The van der Waals surface area contributed by atoms with Gasteiger partial charge in [0.25, 0.3) is 0 Å². The summed E-state index contributed by atoms with van der Waals surface area (Å²) in [7, 11) is 0. The monoisotopic (exact) mass is 260 g/mol. The zero-order valence-electron chi connectivity index (χ0n) is 11.0. The number of carbonyl (C=O) groups is 1. The van der Waals surface area contributed by atoms with Crippen molar-refractivity contribution in [3.05, 3.63) is 36.9 Å². The van der Waals surface area contributed by atoms with Crippen molar-refractivity contribution >= 4 is 11.6 Å². The van der Waals surface area contributed by atoms with Gasteiger partial charge in [-0.15, -0.1) is 0 Å². The Morgan fingerprint density at radius 3 is 3.00 bits per heavy atom. The molecule has 1 aliphatic heterocycles. The molecule has 0 unspecified atom stereocenters. The van der Waals surface area contributed by atoms with Gasteiger partial charge in [0, 0.05) is 17.7 Å². The molecule has 0 atom stereocenters. The fourth-order valence-electron chi connectivity index (χ4n) is 2.15. The second-order valence-electron chi connectivity index (χ2n) is 4.64. The van der Waals surface area contributed by atoms with Gasteiger partial charge in [-0.3, -0.25) is 4.79 Å². The molecule has 0 radical (unpaired) electrons. The second-order valence-corrected chi connectivity index (χ2v) is 4.64. The van der Waals surface area contributed by atoms with Gasteiger partial charge < -0.3 is 15.4 Å². The molecule has 0 spiro atoms. The minimum atomic E-state index is 0.0994. The van der Waals surface area contributed by atoms with Gasteiger partial charge in [-0.25, -0.2) is 0 Å². The van der Waals surface area contributed by atoms with Crippen molar-refractivity contribution in [1.29, 1.82) is 0 Å². The molecule has 0 aromatic heterocycles. The van der Waals surface area contributed by atoms with Gasteiger partial charge in [-0.05, 0) is 38.1 Å². The molecule has 2 N–H and O–H groups in total. The summed E-state index contributed by atoms with van der Waals surface area (Å²) in [5, 5.41) is 6.21. The Balaban J connectivity index is 1.93. The number of hydrogen-bond acceptors (Lipinski definition) is 3. The van der Waals surface area contributed by atoms with Crippen molar-refractivity contribution in [2.75, 3.05) is 25.0 Å². The molecule has 4 heteroatoms. The summed E-state index contributed by atoms with van der Waals surface area (Å²) in [6, 6.07) is 7.45. The Hall–Kier alpha value is -1.81. The molecule has 1 amide bonds. The van der Waals surface area contributed by atoms with E-state index in [1.54, 1.807) is 6.08 Å². The lowest BCUT2D eigenvalue weighted by molar-refractivity contribution is -0.120. The zero-order chi connectivity index (χ0) is 13.5. The van der Waals surface area contributed by atoms with E-state index in [4.69, 9.17) is 4.74 Å². The minimum Gasteiger partial charge on any atom is -0.489 e. The Morgan fingerprint density at radius 2 is 2.26 bits per heavy atom. The van der Waals surface area contributed by atoms with Gasteiger partial charge in [-0.2, -0.15) is 0 Å². The number of carbonyl (C=O) groups excluding carboxylic acids is 1. The standard InChI is InChI=1S/C15H20N2O2/c1-2-10-19-14-5-3-4-13(11-14)17-15(18)12-6-8-16-9-7-12/h2-5,11-12,16H,1,6-10H2,(H,17,18). The maximum absolute atomic E-state index is 12.1. The van der Waals surface area contributed by atoms with Crippen LogP contribution in [0.25, 0.3) is 0 Å². The molecule has 2 rings (SSSR count). The van der Waals surface area contributed by atoms with Gasteiger partial charge in [0.15, 0.2) is 0 Å². The summed E-state index contributed by atoms with van der Waals surface area (Å²) in [4.78, 5) is 12.1. The summed E-state index contributed by atoms with van der Waals surface area (Å²) >= 11 is 0. The molecule has 0 aliphatic carbocycles. The van der Waals surface area contributed by atoms with Crippen LogP contribution in [0.15, 0.2) is 36.9 Å². The number of nitrogens with one attached hydrogen (secondary N) is 2. The Labute approximate surface area is 113 Å². The highest BCUT2D eigenvalue weighted by Crippen LogP contribution is 2.20. The lowest BCUT2D eigenvalue weighted by atomic mass is 9.97. The number of amides is 1. The smallest absolute Gasteiger partial charge is 0.227 e. The van der Waals surface area contributed by atoms with Crippen LogP contribution in [-0.4, -0.2) is 25.6 Å². The maximum atomic E-state index is 12.1. The van der Waals surface area contributed by atoms with E-state index >= 15 is 0 Å². The molecule has 1 saturated heterocycles. The van der Waals surface area contributed by atoms with E-state index in [2.05, 4.69) is 17.2 Å². The van der Waals surface area contributed by atoms with E-state index < -0.39 is 0 Å². The Morgan fingerprint density at radius 1 is 1.47 bits per heavy atom. The lowest BCUT2D eigenvalue weighted by Crippen LogP contribution is -2.34. The van der Waals surface area contributed by atoms with Crippen molar-refractivity contribution in [3.63, 3.8) is 0 Å². The average Bonchev–Trinajstić information content (AvgIpc) is 2.46. The average molecular weight is 260 g/mol. The van der Waals surface area contributed by atoms with Crippen LogP contribution in [-0.2, 0) is 4.79 Å². The van der Waals surface area contributed by atoms with Crippen LogP contribution in [0.4, 0.5) is 5.69 Å². The molecule has 19 heavy (non-hydrogen) atoms. The summed E-state index contributed by atoms with van der Waals surface area (Å²) in [5.74, 6) is 0.949. The summed E-state index contributed by atoms with van der Waals surface area (Å²) in [5.41, 5.74) is 0.782. The van der Waals surface area contributed by atoms with Crippen LogP contribution < -0.4 is 15.4 Å². The fourth-order valence-corrected chi connectivity index (χ4v) is 2.15. The fraction of sp³-hybridized carbons (Fsp3) is 0.400. The third-order valence-corrected chi connectivity index (χ3v) is 3.18. The van der Waals surface area contributed by atoms with Crippen LogP contribution in [0.5, 0.6) is 5.75 Å². The molecule has 102 valence electrons. The molecule has 1 aliphatic rings. The van der Waals surface area contributed by atoms with Gasteiger partial charge in [0.1, 0.15) is 12.4 Å². The van der Waals surface area contributed by atoms with E-state index in [0.717, 1.165) is 37.4 Å². The van der Waals surface area contributed by atoms with Crippen molar-refractivity contribution in [3.8, 4) is 5.75 Å². The van der Waals surface area contributed by atoms with Crippen LogP contribution in [0.1, 0.15) is 12.8 Å². The molecular formula is C15H20N2O2. The maximum Gasteiger partial charge on any atom is 0.227 e. The quantitative estimate of drug-likeness (QED) is 0.798. The summed E-state index contributed by atoms with van der Waals surface area (Å²) in [6.45, 7) is 5.91. The number of piperidine rings is 1. The highest BCUT2D eigenvalue weighted by Gasteiger charge is 2.20. The molecule has 1 heterocycles. The third-order valence-electron chi connectivity index (χ3n) is 3.18. The Bertz CT molecular complexity index is 440.